The molecule has 1 rings (SSSR count). The molecule has 1 amide bonds. The second kappa shape index (κ2) is 5.97. The fourth-order valence-electron chi connectivity index (χ4n) is 1.47. The van der Waals surface area contributed by atoms with E-state index in [0.29, 0.717) is 0 Å². The number of amides is 1. The molecule has 1 saturated heterocycles. The van der Waals surface area contributed by atoms with Crippen LogP contribution in [0, 0.1) is 5.92 Å². The highest BCUT2D eigenvalue weighted by molar-refractivity contribution is 5.87. The van der Waals surface area contributed by atoms with Gasteiger partial charge in [-0.05, 0) is 20.8 Å². The molecule has 1 heterocycles. The van der Waals surface area contributed by atoms with Crippen LogP contribution in [-0.4, -0.2) is 37.1 Å². The van der Waals surface area contributed by atoms with E-state index in [1.54, 1.807) is 13.8 Å². The zero-order valence-corrected chi connectivity index (χ0v) is 10.6. The highest BCUT2D eigenvalue weighted by atomic mass is 16.7. The Bertz CT molecular complexity index is 292. The van der Waals surface area contributed by atoms with Crippen molar-refractivity contribution in [2.45, 2.75) is 46.3 Å². The maximum atomic E-state index is 11.6. The quantitative estimate of drug-likeness (QED) is 0.726. The molecule has 6 heteroatoms. The van der Waals surface area contributed by atoms with E-state index in [9.17, 15) is 9.59 Å². The maximum Gasteiger partial charge on any atom is 0.336 e. The van der Waals surface area contributed by atoms with Gasteiger partial charge in [0, 0.05) is 0 Å². The minimum atomic E-state index is -0.910. The molecule has 3 atom stereocenters. The zero-order chi connectivity index (χ0) is 13.0. The highest BCUT2D eigenvalue weighted by Crippen LogP contribution is 2.18. The molecule has 6 nitrogen and oxygen atoms in total. The van der Waals surface area contributed by atoms with Crippen LogP contribution in [0.4, 0.5) is 0 Å². The van der Waals surface area contributed by atoms with Crippen LogP contribution in [0.3, 0.4) is 0 Å². The summed E-state index contributed by atoms with van der Waals surface area (Å²) in [6.45, 7) is 7.19. The number of hydrogen-bond donors (Lipinski definition) is 1. The van der Waals surface area contributed by atoms with Crippen molar-refractivity contribution < 1.29 is 23.8 Å². The second-order valence-electron chi connectivity index (χ2n) is 4.12. The predicted octanol–water partition coefficient (Wildman–Crippen LogP) is 0.409. The van der Waals surface area contributed by atoms with E-state index in [1.807, 2.05) is 13.8 Å². The summed E-state index contributed by atoms with van der Waals surface area (Å²) < 4.78 is 15.5. The van der Waals surface area contributed by atoms with Gasteiger partial charge in [0.05, 0.1) is 18.6 Å². The van der Waals surface area contributed by atoms with Gasteiger partial charge in [0.25, 0.3) is 0 Å². The molecule has 0 aliphatic carbocycles. The Balaban J connectivity index is 2.67. The summed E-state index contributed by atoms with van der Waals surface area (Å²) in [5.41, 5.74) is 0. The van der Waals surface area contributed by atoms with Crippen LogP contribution < -0.4 is 5.32 Å². The highest BCUT2D eigenvalue weighted by Gasteiger charge is 2.40. The zero-order valence-electron chi connectivity index (χ0n) is 10.6. The van der Waals surface area contributed by atoms with Crippen LogP contribution in [0.15, 0.2) is 0 Å². The smallest absolute Gasteiger partial charge is 0.336 e. The molecule has 0 aromatic rings. The molecule has 0 aromatic carbocycles. The molecule has 1 N–H and O–H groups in total. The normalized spacial score (nSPS) is 29.0. The number of hydrogen-bond acceptors (Lipinski definition) is 5. The third-order valence-electron chi connectivity index (χ3n) is 2.31. The molecule has 1 aliphatic heterocycles. The Hall–Kier alpha value is -1.14. The largest absolute Gasteiger partial charge is 0.464 e. The van der Waals surface area contributed by atoms with E-state index >= 15 is 0 Å². The van der Waals surface area contributed by atoms with Gasteiger partial charge in [-0.3, -0.25) is 4.79 Å². The summed E-state index contributed by atoms with van der Waals surface area (Å²) in [4.78, 5) is 23.2. The van der Waals surface area contributed by atoms with E-state index in [0.717, 1.165) is 0 Å². The van der Waals surface area contributed by atoms with Crippen LogP contribution in [-0.2, 0) is 23.8 Å². The average molecular weight is 245 g/mol. The van der Waals surface area contributed by atoms with Crippen LogP contribution in [0.1, 0.15) is 27.7 Å². The van der Waals surface area contributed by atoms with Crippen LogP contribution in [0.25, 0.3) is 0 Å². The monoisotopic (exact) mass is 245 g/mol. The van der Waals surface area contributed by atoms with Gasteiger partial charge in [-0.15, -0.1) is 0 Å². The first-order valence-corrected chi connectivity index (χ1v) is 5.73. The summed E-state index contributed by atoms with van der Waals surface area (Å²) in [6.07, 6.45) is -1.92. The van der Waals surface area contributed by atoms with Gasteiger partial charge in [0.15, 0.2) is 6.10 Å². The van der Waals surface area contributed by atoms with Crippen molar-refractivity contribution in [3.05, 3.63) is 0 Å². The predicted molar refractivity (Wildman–Crippen MR) is 58.8 cm³/mol. The molecule has 0 spiro atoms. The standard InChI is InChI=1S/C11H19NO5/c1-5-15-10(14)8-7(4)9(13)12-11(17-8)16-6(2)3/h6-8,11H,5H2,1-4H3,(H,12,13)/t7-,8+,11+/m0/s1. The fourth-order valence-corrected chi connectivity index (χ4v) is 1.47. The van der Waals surface area contributed by atoms with Crippen LogP contribution in [0.5, 0.6) is 0 Å². The minimum absolute atomic E-state index is 0.114. The van der Waals surface area contributed by atoms with Crippen molar-refractivity contribution >= 4 is 11.9 Å². The Kier molecular flexibility index (Phi) is 4.89. The van der Waals surface area contributed by atoms with E-state index in [1.165, 1.54) is 0 Å². The van der Waals surface area contributed by atoms with Crippen LogP contribution >= 0.6 is 0 Å². The molecule has 0 saturated carbocycles. The second-order valence-corrected chi connectivity index (χ2v) is 4.12. The SMILES string of the molecule is CCOC(=O)[C@@H]1O[C@@H](OC(C)C)NC(=O)[C@H]1C. The molecule has 0 aromatic heterocycles. The topological polar surface area (TPSA) is 73.9 Å². The van der Waals surface area contributed by atoms with Gasteiger partial charge in [-0.2, -0.15) is 0 Å². The van der Waals surface area contributed by atoms with E-state index in [2.05, 4.69) is 5.32 Å². The number of nitrogens with one attached hydrogen (secondary N) is 1. The van der Waals surface area contributed by atoms with Gasteiger partial charge >= 0.3 is 5.97 Å². The van der Waals surface area contributed by atoms with Gasteiger partial charge in [0.1, 0.15) is 0 Å². The number of carbonyl (C=O) groups excluding carboxylic acids is 2. The van der Waals surface area contributed by atoms with E-state index in [-0.39, 0.29) is 18.6 Å². The van der Waals surface area contributed by atoms with E-state index in [4.69, 9.17) is 14.2 Å². The first-order valence-electron chi connectivity index (χ1n) is 5.73. The lowest BCUT2D eigenvalue weighted by molar-refractivity contribution is -0.236. The average Bonchev–Trinajstić information content (AvgIpc) is 2.22. The van der Waals surface area contributed by atoms with Crippen molar-refractivity contribution in [3.63, 3.8) is 0 Å². The number of rotatable bonds is 4. The molecule has 0 unspecified atom stereocenters. The fraction of sp³-hybridized carbons (Fsp3) is 0.818. The molecular formula is C11H19NO5. The lowest BCUT2D eigenvalue weighted by Crippen LogP contribution is -2.56. The first-order chi connectivity index (χ1) is 7.95. The Morgan fingerprint density at radius 1 is 1.53 bits per heavy atom. The first kappa shape index (κ1) is 13.9. The molecule has 0 radical (unpaired) electrons. The maximum absolute atomic E-state index is 11.6. The Morgan fingerprint density at radius 2 is 2.18 bits per heavy atom. The van der Waals surface area contributed by atoms with Gasteiger partial charge in [0.2, 0.25) is 12.3 Å². The van der Waals surface area contributed by atoms with E-state index < -0.39 is 24.4 Å². The lowest BCUT2D eigenvalue weighted by Gasteiger charge is -2.33. The third-order valence-corrected chi connectivity index (χ3v) is 2.31. The third kappa shape index (κ3) is 3.67. The number of esters is 1. The number of ether oxygens (including phenoxy) is 3. The summed E-state index contributed by atoms with van der Waals surface area (Å²) >= 11 is 0. The Labute approximate surface area is 101 Å². The van der Waals surface area contributed by atoms with Crippen molar-refractivity contribution in [2.24, 2.45) is 5.92 Å². The van der Waals surface area contributed by atoms with Gasteiger partial charge in [-0.25, -0.2) is 4.79 Å². The van der Waals surface area contributed by atoms with Crippen molar-refractivity contribution in [2.75, 3.05) is 6.61 Å². The van der Waals surface area contributed by atoms with Gasteiger partial charge in [-0.1, -0.05) is 6.92 Å². The summed E-state index contributed by atoms with van der Waals surface area (Å²) in [6, 6.07) is 0. The lowest BCUT2D eigenvalue weighted by atomic mass is 10.0. The molecule has 98 valence electrons. The van der Waals surface area contributed by atoms with Crippen molar-refractivity contribution in [1.82, 2.24) is 5.32 Å². The molecule has 17 heavy (non-hydrogen) atoms. The van der Waals surface area contributed by atoms with Gasteiger partial charge < -0.3 is 19.5 Å². The molecule has 1 aliphatic rings. The van der Waals surface area contributed by atoms with Crippen LogP contribution in [0.2, 0.25) is 0 Å². The summed E-state index contributed by atoms with van der Waals surface area (Å²) in [5.74, 6) is -1.40. The molecule has 1 fully saturated rings. The summed E-state index contributed by atoms with van der Waals surface area (Å²) in [5, 5.41) is 2.53. The molecule has 0 bridgehead atoms. The Morgan fingerprint density at radius 3 is 2.71 bits per heavy atom. The summed E-state index contributed by atoms with van der Waals surface area (Å²) in [7, 11) is 0. The van der Waals surface area contributed by atoms with Crippen molar-refractivity contribution in [3.8, 4) is 0 Å². The number of carbonyl (C=O) groups is 2. The molecular weight excluding hydrogens is 226 g/mol. The van der Waals surface area contributed by atoms with Crippen molar-refractivity contribution in [1.29, 1.82) is 0 Å². The minimum Gasteiger partial charge on any atom is -0.464 e.